The molecule has 1 heterocycles. The highest BCUT2D eigenvalue weighted by Crippen LogP contribution is 2.07. The third-order valence-corrected chi connectivity index (χ3v) is 2.56. The van der Waals surface area contributed by atoms with Gasteiger partial charge in [0.1, 0.15) is 5.15 Å². The van der Waals surface area contributed by atoms with Gasteiger partial charge in [0.2, 0.25) is 0 Å². The van der Waals surface area contributed by atoms with Crippen LogP contribution < -0.4 is 0 Å². The van der Waals surface area contributed by atoms with Crippen LogP contribution in [0.1, 0.15) is 18.5 Å². The number of halogens is 1. The molecule has 0 saturated heterocycles. The molecule has 0 aliphatic carbocycles. The van der Waals surface area contributed by atoms with Crippen molar-refractivity contribution < 1.29 is 9.53 Å². The zero-order chi connectivity index (χ0) is 12.7. The highest BCUT2D eigenvalue weighted by atomic mass is 35.5. The molecule has 1 rings (SSSR count). The smallest absolute Gasteiger partial charge is 0.305 e. The summed E-state index contributed by atoms with van der Waals surface area (Å²) in [6, 6.07) is 5.57. The summed E-state index contributed by atoms with van der Waals surface area (Å²) < 4.78 is 4.58. The lowest BCUT2D eigenvalue weighted by Gasteiger charge is -2.15. The minimum Gasteiger partial charge on any atom is -0.469 e. The van der Waals surface area contributed by atoms with E-state index in [2.05, 4.69) is 14.6 Å². The summed E-state index contributed by atoms with van der Waals surface area (Å²) in [5, 5.41) is 0.505. The van der Waals surface area contributed by atoms with Gasteiger partial charge >= 0.3 is 5.97 Å². The molecule has 0 amide bonds. The second-order valence-electron chi connectivity index (χ2n) is 3.87. The molecule has 1 aromatic heterocycles. The van der Waals surface area contributed by atoms with Crippen LogP contribution in [0.3, 0.4) is 0 Å². The molecule has 0 aromatic carbocycles. The second kappa shape index (κ2) is 7.25. The summed E-state index contributed by atoms with van der Waals surface area (Å²) in [6.07, 6.45) is 1.23. The number of carbonyl (C=O) groups excluding carboxylic acids is 1. The Morgan fingerprint density at radius 2 is 2.29 bits per heavy atom. The number of carbonyl (C=O) groups is 1. The van der Waals surface area contributed by atoms with Crippen LogP contribution in [0.25, 0.3) is 0 Å². The number of aromatic nitrogens is 1. The lowest BCUT2D eigenvalue weighted by atomic mass is 10.3. The van der Waals surface area contributed by atoms with Crippen molar-refractivity contribution in [2.24, 2.45) is 0 Å². The van der Waals surface area contributed by atoms with Crippen LogP contribution in [-0.4, -0.2) is 36.6 Å². The monoisotopic (exact) mass is 256 g/mol. The lowest BCUT2D eigenvalue weighted by Crippen LogP contribution is -2.20. The molecule has 0 fully saturated rings. The van der Waals surface area contributed by atoms with Gasteiger partial charge in [-0.15, -0.1) is 0 Å². The summed E-state index contributed by atoms with van der Waals surface area (Å²) in [7, 11) is 3.39. The van der Waals surface area contributed by atoms with E-state index in [1.54, 1.807) is 6.07 Å². The first kappa shape index (κ1) is 13.9. The average molecular weight is 257 g/mol. The van der Waals surface area contributed by atoms with Crippen molar-refractivity contribution >= 4 is 17.6 Å². The molecule has 1 aromatic rings. The summed E-state index contributed by atoms with van der Waals surface area (Å²) in [5.74, 6) is -0.167. The van der Waals surface area contributed by atoms with Crippen LogP contribution >= 0.6 is 11.6 Å². The zero-order valence-corrected chi connectivity index (χ0v) is 10.9. The second-order valence-corrected chi connectivity index (χ2v) is 4.26. The molecule has 0 atom stereocenters. The number of ether oxygens (including phenoxy) is 1. The van der Waals surface area contributed by atoms with Crippen molar-refractivity contribution in [1.82, 2.24) is 9.88 Å². The lowest BCUT2D eigenvalue weighted by molar-refractivity contribution is -0.140. The number of hydrogen-bond donors (Lipinski definition) is 0. The summed E-state index contributed by atoms with van der Waals surface area (Å²) in [4.78, 5) is 17.2. The van der Waals surface area contributed by atoms with Crippen molar-refractivity contribution in [3.05, 3.63) is 29.0 Å². The molecule has 0 aliphatic rings. The van der Waals surface area contributed by atoms with Gasteiger partial charge in [-0.05, 0) is 32.1 Å². The normalized spacial score (nSPS) is 10.6. The summed E-state index contributed by atoms with van der Waals surface area (Å²) in [5.41, 5.74) is 0.929. The molecule has 0 unspecified atom stereocenters. The van der Waals surface area contributed by atoms with E-state index < -0.39 is 0 Å². The fourth-order valence-corrected chi connectivity index (χ4v) is 1.67. The van der Waals surface area contributed by atoms with Gasteiger partial charge in [0.15, 0.2) is 0 Å². The first-order valence-corrected chi connectivity index (χ1v) is 5.86. The van der Waals surface area contributed by atoms with Gasteiger partial charge < -0.3 is 9.64 Å². The Kier molecular flexibility index (Phi) is 5.94. The molecular weight excluding hydrogens is 240 g/mol. The standard InChI is InChI=1S/C12H17ClN2O2/c1-15(8-4-7-12(16)17-2)9-10-5-3-6-11(13)14-10/h3,5-6H,4,7-9H2,1-2H3. The Balaban J connectivity index is 2.29. The van der Waals surface area contributed by atoms with Gasteiger partial charge in [0, 0.05) is 13.0 Å². The van der Waals surface area contributed by atoms with E-state index in [9.17, 15) is 4.79 Å². The maximum Gasteiger partial charge on any atom is 0.305 e. The van der Waals surface area contributed by atoms with E-state index in [-0.39, 0.29) is 5.97 Å². The maximum atomic E-state index is 10.9. The van der Waals surface area contributed by atoms with E-state index in [0.29, 0.717) is 11.6 Å². The molecule has 0 bridgehead atoms. The molecule has 4 nitrogen and oxygen atoms in total. The van der Waals surface area contributed by atoms with Crippen molar-refractivity contribution in [1.29, 1.82) is 0 Å². The predicted molar refractivity (Wildman–Crippen MR) is 66.8 cm³/mol. The minimum atomic E-state index is -0.167. The Bertz CT molecular complexity index is 371. The van der Waals surface area contributed by atoms with Crippen LogP contribution in [0.4, 0.5) is 0 Å². The molecule has 94 valence electrons. The highest BCUT2D eigenvalue weighted by Gasteiger charge is 2.04. The number of rotatable bonds is 6. The molecule has 0 saturated carbocycles. The van der Waals surface area contributed by atoms with Crippen molar-refractivity contribution in [2.75, 3.05) is 20.7 Å². The third-order valence-electron chi connectivity index (χ3n) is 2.35. The molecule has 0 aliphatic heterocycles. The van der Waals surface area contributed by atoms with Crippen LogP contribution in [0.5, 0.6) is 0 Å². The van der Waals surface area contributed by atoms with Crippen LogP contribution in [0, 0.1) is 0 Å². The Hall–Kier alpha value is -1.13. The first-order chi connectivity index (χ1) is 8.11. The van der Waals surface area contributed by atoms with Crippen molar-refractivity contribution in [3.63, 3.8) is 0 Å². The molecule has 0 spiro atoms. The molecular formula is C12H17ClN2O2. The number of nitrogens with zero attached hydrogens (tertiary/aromatic N) is 2. The highest BCUT2D eigenvalue weighted by molar-refractivity contribution is 6.29. The Labute approximate surface area is 107 Å². The summed E-state index contributed by atoms with van der Waals surface area (Å²) >= 11 is 5.80. The zero-order valence-electron chi connectivity index (χ0n) is 10.1. The van der Waals surface area contributed by atoms with E-state index in [1.165, 1.54) is 7.11 Å². The van der Waals surface area contributed by atoms with E-state index in [1.807, 2.05) is 19.2 Å². The Morgan fingerprint density at radius 3 is 2.94 bits per heavy atom. The van der Waals surface area contributed by atoms with Crippen LogP contribution in [0.2, 0.25) is 5.15 Å². The average Bonchev–Trinajstić information content (AvgIpc) is 2.28. The van der Waals surface area contributed by atoms with Crippen LogP contribution in [-0.2, 0) is 16.1 Å². The number of pyridine rings is 1. The largest absolute Gasteiger partial charge is 0.469 e. The summed E-state index contributed by atoms with van der Waals surface area (Å²) in [6.45, 7) is 1.55. The van der Waals surface area contributed by atoms with E-state index >= 15 is 0 Å². The van der Waals surface area contributed by atoms with Gasteiger partial charge in [-0.3, -0.25) is 4.79 Å². The number of methoxy groups -OCH3 is 1. The molecule has 5 heteroatoms. The van der Waals surface area contributed by atoms with Gasteiger partial charge in [0.05, 0.1) is 12.8 Å². The van der Waals surface area contributed by atoms with Gasteiger partial charge in [-0.25, -0.2) is 4.98 Å². The number of esters is 1. The fourth-order valence-electron chi connectivity index (χ4n) is 1.49. The first-order valence-electron chi connectivity index (χ1n) is 5.48. The van der Waals surface area contributed by atoms with Gasteiger partial charge in [-0.1, -0.05) is 17.7 Å². The SMILES string of the molecule is COC(=O)CCCN(C)Cc1cccc(Cl)n1. The number of hydrogen-bond acceptors (Lipinski definition) is 4. The minimum absolute atomic E-state index is 0.167. The van der Waals surface area contributed by atoms with Crippen molar-refractivity contribution in [3.8, 4) is 0 Å². The molecule has 0 radical (unpaired) electrons. The van der Waals surface area contributed by atoms with E-state index in [4.69, 9.17) is 11.6 Å². The Morgan fingerprint density at radius 1 is 1.53 bits per heavy atom. The van der Waals surface area contributed by atoms with Gasteiger partial charge in [-0.2, -0.15) is 0 Å². The molecule has 17 heavy (non-hydrogen) atoms. The third kappa shape index (κ3) is 5.65. The molecule has 0 N–H and O–H groups in total. The van der Waals surface area contributed by atoms with Crippen LogP contribution in [0.15, 0.2) is 18.2 Å². The maximum absolute atomic E-state index is 10.9. The fraction of sp³-hybridized carbons (Fsp3) is 0.500. The topological polar surface area (TPSA) is 42.4 Å². The van der Waals surface area contributed by atoms with Gasteiger partial charge in [0.25, 0.3) is 0 Å². The van der Waals surface area contributed by atoms with Crippen molar-refractivity contribution in [2.45, 2.75) is 19.4 Å². The quantitative estimate of drug-likeness (QED) is 0.578. The van der Waals surface area contributed by atoms with E-state index in [0.717, 1.165) is 25.2 Å². The predicted octanol–water partition coefficient (Wildman–Crippen LogP) is 2.12.